The molecule has 11 heteroatoms. The van der Waals surface area contributed by atoms with E-state index in [4.69, 9.17) is 23.2 Å². The van der Waals surface area contributed by atoms with Crippen LogP contribution >= 0.6 is 43.6 Å². The van der Waals surface area contributed by atoms with E-state index in [1.165, 1.54) is 0 Å². The molecule has 0 saturated carbocycles. The van der Waals surface area contributed by atoms with Gasteiger partial charge in [0, 0.05) is 35.2 Å². The van der Waals surface area contributed by atoms with Crippen LogP contribution in [0, 0.1) is 0 Å². The maximum atomic E-state index is 9.57. The maximum absolute atomic E-state index is 9.57. The van der Waals surface area contributed by atoms with E-state index < -0.39 is 0 Å². The Morgan fingerprint density at radius 1 is 0.853 bits per heavy atom. The van der Waals surface area contributed by atoms with Crippen LogP contribution in [0.15, 0.2) is 74.0 Å². The first-order chi connectivity index (χ1) is 16.1. The van der Waals surface area contributed by atoms with Gasteiger partial charge in [-0.25, -0.2) is 11.7 Å². The van der Waals surface area contributed by atoms with Crippen molar-refractivity contribution in [1.82, 2.24) is 10.0 Å². The van der Waals surface area contributed by atoms with Crippen molar-refractivity contribution in [2.24, 2.45) is 23.2 Å². The monoisotopic (exact) mass is 614 g/mol. The molecule has 0 radical (unpaired) electrons. The fourth-order valence-corrected chi connectivity index (χ4v) is 4.70. The fourth-order valence-electron chi connectivity index (χ4n) is 3.01. The van der Waals surface area contributed by atoms with E-state index in [0.29, 0.717) is 32.8 Å². The SMILES string of the molecule is N/C(=C\N(N)CCc1ccc(O)c(Br)c1)CCCC/C(N)=C/N(N)CSc1ccc(O)c(Br)c1. The van der Waals surface area contributed by atoms with Crippen LogP contribution in [0.4, 0.5) is 0 Å². The van der Waals surface area contributed by atoms with Crippen LogP contribution in [0.25, 0.3) is 0 Å². The summed E-state index contributed by atoms with van der Waals surface area (Å²) in [6.45, 7) is 0.610. The van der Waals surface area contributed by atoms with Crippen LogP contribution in [-0.2, 0) is 6.42 Å². The average Bonchev–Trinajstić information content (AvgIpc) is 2.78. The van der Waals surface area contributed by atoms with Crippen LogP contribution < -0.4 is 23.2 Å². The molecule has 0 aromatic heterocycles. The normalized spacial score (nSPS) is 12.1. The molecule has 2 aromatic rings. The number of hydrogen-bond acceptors (Lipinski definition) is 9. The van der Waals surface area contributed by atoms with E-state index >= 15 is 0 Å². The number of benzene rings is 2. The van der Waals surface area contributed by atoms with Crippen molar-refractivity contribution < 1.29 is 10.2 Å². The molecule has 2 aromatic carbocycles. The first kappa shape index (κ1) is 28.2. The van der Waals surface area contributed by atoms with Gasteiger partial charge in [-0.15, -0.1) is 11.8 Å². The Balaban J connectivity index is 1.65. The molecule has 0 amide bonds. The van der Waals surface area contributed by atoms with Crippen molar-refractivity contribution in [3.8, 4) is 11.5 Å². The van der Waals surface area contributed by atoms with E-state index in [0.717, 1.165) is 42.6 Å². The van der Waals surface area contributed by atoms with Crippen LogP contribution in [-0.4, -0.2) is 32.7 Å². The van der Waals surface area contributed by atoms with Crippen LogP contribution in [0.5, 0.6) is 11.5 Å². The molecule has 2 rings (SSSR count). The van der Waals surface area contributed by atoms with Crippen molar-refractivity contribution in [2.75, 3.05) is 12.4 Å². The Kier molecular flexibility index (Phi) is 11.9. The number of nitrogens with two attached hydrogens (primary N) is 4. The number of phenols is 2. The van der Waals surface area contributed by atoms with Crippen LogP contribution in [0.2, 0.25) is 0 Å². The molecular weight excluding hydrogens is 584 g/mol. The van der Waals surface area contributed by atoms with Gasteiger partial charge < -0.3 is 31.7 Å². The third kappa shape index (κ3) is 10.5. The van der Waals surface area contributed by atoms with Gasteiger partial charge in [0.2, 0.25) is 0 Å². The second-order valence-corrected chi connectivity index (χ2v) is 10.5. The third-order valence-corrected chi connectivity index (χ3v) is 7.10. The number of hydrogen-bond donors (Lipinski definition) is 6. The van der Waals surface area contributed by atoms with Crippen molar-refractivity contribution in [1.29, 1.82) is 0 Å². The topological polar surface area (TPSA) is 151 Å². The fraction of sp³-hybridized carbons (Fsp3) is 0.304. The second-order valence-electron chi connectivity index (χ2n) is 7.79. The molecule has 0 aliphatic heterocycles. The largest absolute Gasteiger partial charge is 0.507 e. The van der Waals surface area contributed by atoms with E-state index in [1.807, 2.05) is 24.3 Å². The summed E-state index contributed by atoms with van der Waals surface area (Å²) in [6, 6.07) is 10.7. The lowest BCUT2D eigenvalue weighted by Gasteiger charge is -2.16. The smallest absolute Gasteiger partial charge is 0.129 e. The molecule has 34 heavy (non-hydrogen) atoms. The van der Waals surface area contributed by atoms with Crippen molar-refractivity contribution >= 4 is 43.6 Å². The number of thioether (sulfide) groups is 1. The first-order valence-electron chi connectivity index (χ1n) is 10.7. The van der Waals surface area contributed by atoms with Crippen LogP contribution in [0.3, 0.4) is 0 Å². The number of nitrogens with zero attached hydrogens (tertiary/aromatic N) is 2. The maximum Gasteiger partial charge on any atom is 0.129 e. The minimum absolute atomic E-state index is 0.204. The number of hydrazine groups is 2. The first-order valence-corrected chi connectivity index (χ1v) is 13.2. The zero-order chi connectivity index (χ0) is 25.1. The van der Waals surface area contributed by atoms with Gasteiger partial charge in [0.1, 0.15) is 11.5 Å². The molecule has 0 aliphatic carbocycles. The Bertz CT molecular complexity index is 926. The minimum Gasteiger partial charge on any atom is -0.507 e. The minimum atomic E-state index is 0.204. The van der Waals surface area contributed by atoms with Crippen LogP contribution in [0.1, 0.15) is 31.2 Å². The number of phenolic OH excluding ortho intramolecular Hbond substituents is 2. The van der Waals surface area contributed by atoms with Gasteiger partial charge in [0.25, 0.3) is 0 Å². The number of aromatic hydroxyl groups is 2. The van der Waals surface area contributed by atoms with Crippen molar-refractivity contribution in [3.63, 3.8) is 0 Å². The van der Waals surface area contributed by atoms with Gasteiger partial charge >= 0.3 is 0 Å². The van der Waals surface area contributed by atoms with E-state index in [-0.39, 0.29) is 11.5 Å². The lowest BCUT2D eigenvalue weighted by Crippen LogP contribution is -2.28. The summed E-state index contributed by atoms with van der Waals surface area (Å²) in [4.78, 5) is 0.985. The number of rotatable bonds is 13. The molecule has 0 fully saturated rings. The Hall–Kier alpha value is -2.05. The van der Waals surface area contributed by atoms with Crippen molar-refractivity contribution in [3.05, 3.63) is 74.7 Å². The molecule has 0 spiro atoms. The summed E-state index contributed by atoms with van der Waals surface area (Å²) < 4.78 is 1.31. The Morgan fingerprint density at radius 2 is 1.41 bits per heavy atom. The Labute approximate surface area is 221 Å². The lowest BCUT2D eigenvalue weighted by atomic mass is 10.1. The highest BCUT2D eigenvalue weighted by Gasteiger charge is 2.04. The zero-order valence-corrected chi connectivity index (χ0v) is 22.8. The predicted molar refractivity (Wildman–Crippen MR) is 146 cm³/mol. The zero-order valence-electron chi connectivity index (χ0n) is 18.8. The van der Waals surface area contributed by atoms with E-state index in [1.54, 1.807) is 46.3 Å². The third-order valence-electron chi connectivity index (χ3n) is 4.81. The summed E-state index contributed by atoms with van der Waals surface area (Å²) in [5.74, 6) is 13.0. The number of halogens is 2. The van der Waals surface area contributed by atoms with Gasteiger partial charge in [-0.3, -0.25) is 0 Å². The quantitative estimate of drug-likeness (QED) is 0.0632. The molecule has 0 atom stereocenters. The molecule has 0 saturated heterocycles. The second kappa shape index (κ2) is 14.4. The predicted octanol–water partition coefficient (Wildman–Crippen LogP) is 4.43. The lowest BCUT2D eigenvalue weighted by molar-refractivity contribution is 0.392. The summed E-state index contributed by atoms with van der Waals surface area (Å²) in [6.07, 6.45) is 7.45. The van der Waals surface area contributed by atoms with Gasteiger partial charge in [-0.2, -0.15) is 0 Å². The van der Waals surface area contributed by atoms with Gasteiger partial charge in [0.05, 0.1) is 14.8 Å². The summed E-state index contributed by atoms with van der Waals surface area (Å²) in [5, 5.41) is 22.3. The standard InChI is InChI=1S/C23H32Br2N6O2S/c24-20-11-16(5-7-22(20)32)9-10-30(28)13-17(26)3-1-2-4-18(27)14-31(29)15-34-19-6-8-23(33)21(25)12-19/h5-8,11-14,32-33H,1-4,9-10,15,26-29H2/b17-13-,18-14-. The molecule has 8 nitrogen and oxygen atoms in total. The molecule has 0 unspecified atom stereocenters. The Morgan fingerprint density at radius 3 is 2.00 bits per heavy atom. The molecule has 186 valence electrons. The van der Waals surface area contributed by atoms with Gasteiger partial charge in [-0.05, 0) is 99.9 Å². The van der Waals surface area contributed by atoms with Crippen molar-refractivity contribution in [2.45, 2.75) is 37.0 Å². The number of unbranched alkanes of at least 4 members (excludes halogenated alkanes) is 1. The van der Waals surface area contributed by atoms with E-state index in [9.17, 15) is 10.2 Å². The average molecular weight is 616 g/mol. The molecule has 0 heterocycles. The van der Waals surface area contributed by atoms with Gasteiger partial charge in [-0.1, -0.05) is 6.07 Å². The number of allylic oxidation sites excluding steroid dienone is 2. The summed E-state index contributed by atoms with van der Waals surface area (Å²) in [5.41, 5.74) is 14.7. The van der Waals surface area contributed by atoms with E-state index in [2.05, 4.69) is 31.9 Å². The molecular formula is C23H32Br2N6O2S. The molecule has 10 N–H and O–H groups in total. The molecule has 0 bridgehead atoms. The highest BCUT2D eigenvalue weighted by molar-refractivity contribution is 9.10. The molecule has 0 aliphatic rings. The highest BCUT2D eigenvalue weighted by atomic mass is 79.9. The van der Waals surface area contributed by atoms with Gasteiger partial charge in [0.15, 0.2) is 0 Å². The highest BCUT2D eigenvalue weighted by Crippen LogP contribution is 2.29. The summed E-state index contributed by atoms with van der Waals surface area (Å²) >= 11 is 8.16. The summed E-state index contributed by atoms with van der Waals surface area (Å²) in [7, 11) is 0.